The van der Waals surface area contributed by atoms with Crippen molar-refractivity contribution >= 4 is 0 Å². The molecule has 4 nitrogen and oxygen atoms in total. The highest BCUT2D eigenvalue weighted by molar-refractivity contribution is 5.52. The smallest absolute Gasteiger partial charge is 0.231 e. The number of rotatable bonds is 5. The van der Waals surface area contributed by atoms with Gasteiger partial charge in [0.05, 0.1) is 0 Å². The first-order valence-corrected chi connectivity index (χ1v) is 5.66. The van der Waals surface area contributed by atoms with Gasteiger partial charge in [0.2, 0.25) is 6.79 Å². The fourth-order valence-corrected chi connectivity index (χ4v) is 1.67. The van der Waals surface area contributed by atoms with Crippen LogP contribution < -0.4 is 19.9 Å². The highest BCUT2D eigenvalue weighted by atomic mass is 16.7. The second-order valence-corrected chi connectivity index (χ2v) is 3.91. The van der Waals surface area contributed by atoms with E-state index in [-0.39, 0.29) is 12.9 Å². The number of benzene rings is 1. The lowest BCUT2D eigenvalue weighted by Crippen LogP contribution is -2.11. The second-order valence-electron chi connectivity index (χ2n) is 3.91. The molecule has 0 saturated heterocycles. The summed E-state index contributed by atoms with van der Waals surface area (Å²) in [6, 6.07) is 3.79. The molecule has 0 bridgehead atoms. The van der Waals surface area contributed by atoms with Crippen molar-refractivity contribution in [2.24, 2.45) is 5.73 Å². The van der Waals surface area contributed by atoms with E-state index in [2.05, 4.69) is 6.58 Å². The van der Waals surface area contributed by atoms with Crippen molar-refractivity contribution in [3.05, 3.63) is 30.4 Å². The predicted molar refractivity (Wildman–Crippen MR) is 65.6 cm³/mol. The Hall–Kier alpha value is -1.68. The summed E-state index contributed by atoms with van der Waals surface area (Å²) in [5.41, 5.74) is 6.62. The monoisotopic (exact) mass is 235 g/mol. The highest BCUT2D eigenvalue weighted by Gasteiger charge is 2.18. The first kappa shape index (κ1) is 11.8. The van der Waals surface area contributed by atoms with E-state index in [1.54, 1.807) is 6.08 Å². The first-order valence-electron chi connectivity index (χ1n) is 5.66. The van der Waals surface area contributed by atoms with Gasteiger partial charge in [0, 0.05) is 6.07 Å². The molecule has 4 heteroatoms. The van der Waals surface area contributed by atoms with Gasteiger partial charge < -0.3 is 19.9 Å². The third-order valence-corrected chi connectivity index (χ3v) is 2.61. The lowest BCUT2D eigenvalue weighted by atomic mass is 10.1. The van der Waals surface area contributed by atoms with Gasteiger partial charge in [0.15, 0.2) is 11.5 Å². The number of hydrogen-bond acceptors (Lipinski definition) is 4. The molecule has 2 N–H and O–H groups in total. The van der Waals surface area contributed by atoms with E-state index in [4.69, 9.17) is 19.9 Å². The summed E-state index contributed by atoms with van der Waals surface area (Å²) in [5, 5.41) is 0. The molecule has 0 fully saturated rings. The van der Waals surface area contributed by atoms with E-state index in [9.17, 15) is 0 Å². The number of fused-ring (bicyclic) bond motifs is 1. The van der Waals surface area contributed by atoms with Crippen molar-refractivity contribution in [3.63, 3.8) is 0 Å². The Kier molecular flexibility index (Phi) is 3.54. The molecular weight excluding hydrogens is 218 g/mol. The van der Waals surface area contributed by atoms with Gasteiger partial charge in [-0.05, 0) is 31.5 Å². The zero-order chi connectivity index (χ0) is 12.3. The van der Waals surface area contributed by atoms with Crippen LogP contribution in [0.1, 0.15) is 12.5 Å². The maximum Gasteiger partial charge on any atom is 0.231 e. The van der Waals surface area contributed by atoms with Crippen LogP contribution in [0.2, 0.25) is 0 Å². The van der Waals surface area contributed by atoms with Crippen LogP contribution in [0.15, 0.2) is 24.8 Å². The van der Waals surface area contributed by atoms with Crippen molar-refractivity contribution in [3.8, 4) is 17.2 Å². The molecule has 1 aliphatic heterocycles. The maximum absolute atomic E-state index is 5.76. The minimum atomic E-state index is -0.0492. The van der Waals surface area contributed by atoms with E-state index in [0.29, 0.717) is 6.54 Å². The molecule has 0 saturated carbocycles. The molecule has 1 heterocycles. The topological polar surface area (TPSA) is 53.7 Å². The van der Waals surface area contributed by atoms with E-state index >= 15 is 0 Å². The van der Waals surface area contributed by atoms with Crippen molar-refractivity contribution in [2.75, 3.05) is 13.3 Å². The Morgan fingerprint density at radius 3 is 2.82 bits per heavy atom. The molecule has 0 spiro atoms. The van der Waals surface area contributed by atoms with Gasteiger partial charge in [-0.2, -0.15) is 0 Å². The summed E-state index contributed by atoms with van der Waals surface area (Å²) < 4.78 is 16.4. The zero-order valence-electron chi connectivity index (χ0n) is 9.94. The minimum Gasteiger partial charge on any atom is -0.486 e. The summed E-state index contributed by atoms with van der Waals surface area (Å²) in [7, 11) is 0. The molecule has 1 aliphatic rings. The van der Waals surface area contributed by atoms with E-state index in [1.165, 1.54) is 0 Å². The van der Waals surface area contributed by atoms with Gasteiger partial charge in [-0.15, -0.1) is 0 Å². The summed E-state index contributed by atoms with van der Waals surface area (Å²) in [6.07, 6.45) is 2.44. The van der Waals surface area contributed by atoms with Crippen LogP contribution in [-0.2, 0) is 6.42 Å². The summed E-state index contributed by atoms with van der Waals surface area (Å²) in [4.78, 5) is 0. The standard InChI is InChI=1S/C13H17NO3/c1-3-9(2)17-11-7-13-12(15-8-16-13)6-10(11)4-5-14/h3,6-7,9H,1,4-5,8,14H2,2H3. The summed E-state index contributed by atoms with van der Waals surface area (Å²) in [5.74, 6) is 2.26. The SMILES string of the molecule is C=CC(C)Oc1cc2c(cc1CCN)OCO2. The quantitative estimate of drug-likeness (QED) is 0.792. The average molecular weight is 235 g/mol. The molecule has 1 unspecified atom stereocenters. The highest BCUT2D eigenvalue weighted by Crippen LogP contribution is 2.38. The van der Waals surface area contributed by atoms with Gasteiger partial charge in [-0.25, -0.2) is 0 Å². The van der Waals surface area contributed by atoms with Gasteiger partial charge in [-0.1, -0.05) is 12.7 Å². The lowest BCUT2D eigenvalue weighted by molar-refractivity contribution is 0.173. The summed E-state index contributed by atoms with van der Waals surface area (Å²) >= 11 is 0. The van der Waals surface area contributed by atoms with Crippen molar-refractivity contribution in [1.82, 2.24) is 0 Å². The maximum atomic E-state index is 5.76. The van der Waals surface area contributed by atoms with Crippen molar-refractivity contribution < 1.29 is 14.2 Å². The molecule has 2 rings (SSSR count). The molecule has 0 radical (unpaired) electrons. The number of ether oxygens (including phenoxy) is 3. The lowest BCUT2D eigenvalue weighted by Gasteiger charge is -2.15. The Labute approximate surface area is 101 Å². The van der Waals surface area contributed by atoms with Gasteiger partial charge in [0.25, 0.3) is 0 Å². The van der Waals surface area contributed by atoms with Crippen LogP contribution >= 0.6 is 0 Å². The fourth-order valence-electron chi connectivity index (χ4n) is 1.67. The third kappa shape index (κ3) is 2.53. The van der Waals surface area contributed by atoms with Crippen molar-refractivity contribution in [2.45, 2.75) is 19.4 Å². The fraction of sp³-hybridized carbons (Fsp3) is 0.385. The molecular formula is C13H17NO3. The second kappa shape index (κ2) is 5.10. The Morgan fingerprint density at radius 2 is 2.18 bits per heavy atom. The number of nitrogens with two attached hydrogens (primary N) is 1. The predicted octanol–water partition coefficient (Wildman–Crippen LogP) is 1.87. The largest absolute Gasteiger partial charge is 0.486 e. The molecule has 0 aliphatic carbocycles. The van der Waals surface area contributed by atoms with Gasteiger partial charge in [-0.3, -0.25) is 0 Å². The molecule has 1 atom stereocenters. The Bertz CT molecular complexity index is 417. The van der Waals surface area contributed by atoms with Crippen LogP contribution in [0.4, 0.5) is 0 Å². The summed E-state index contributed by atoms with van der Waals surface area (Å²) in [6.45, 7) is 6.46. The molecule has 1 aromatic rings. The Balaban J connectivity index is 2.30. The van der Waals surface area contributed by atoms with E-state index in [1.807, 2.05) is 19.1 Å². The van der Waals surface area contributed by atoms with Crippen LogP contribution in [0.3, 0.4) is 0 Å². The van der Waals surface area contributed by atoms with Gasteiger partial charge >= 0.3 is 0 Å². The molecule has 0 aromatic heterocycles. The molecule has 92 valence electrons. The van der Waals surface area contributed by atoms with Crippen LogP contribution in [0.25, 0.3) is 0 Å². The van der Waals surface area contributed by atoms with E-state index < -0.39 is 0 Å². The van der Waals surface area contributed by atoms with Crippen molar-refractivity contribution in [1.29, 1.82) is 0 Å². The first-order chi connectivity index (χ1) is 8.24. The minimum absolute atomic E-state index is 0.0492. The third-order valence-electron chi connectivity index (χ3n) is 2.61. The molecule has 17 heavy (non-hydrogen) atoms. The Morgan fingerprint density at radius 1 is 1.47 bits per heavy atom. The van der Waals surface area contributed by atoms with Gasteiger partial charge in [0.1, 0.15) is 11.9 Å². The van der Waals surface area contributed by atoms with Crippen LogP contribution in [0, 0.1) is 0 Å². The van der Waals surface area contributed by atoms with Crippen LogP contribution in [-0.4, -0.2) is 19.4 Å². The molecule has 1 aromatic carbocycles. The molecule has 0 amide bonds. The average Bonchev–Trinajstić information content (AvgIpc) is 2.76. The zero-order valence-corrected chi connectivity index (χ0v) is 9.94. The van der Waals surface area contributed by atoms with Crippen LogP contribution in [0.5, 0.6) is 17.2 Å². The number of hydrogen-bond donors (Lipinski definition) is 1. The van der Waals surface area contributed by atoms with E-state index in [0.717, 1.165) is 29.2 Å². The normalized spacial score (nSPS) is 14.5.